The summed E-state index contributed by atoms with van der Waals surface area (Å²) in [6.07, 6.45) is 6.69. The lowest BCUT2D eigenvalue weighted by Gasteiger charge is -2.40. The van der Waals surface area contributed by atoms with Gasteiger partial charge >= 0.3 is 6.03 Å². The van der Waals surface area contributed by atoms with Gasteiger partial charge < -0.3 is 5.32 Å². The molecule has 9 heteroatoms. The lowest BCUT2D eigenvalue weighted by atomic mass is 9.82. The topological polar surface area (TPSA) is 56.4 Å². The minimum absolute atomic E-state index is 0.0674. The van der Waals surface area contributed by atoms with Crippen molar-refractivity contribution in [3.8, 4) is 12.5 Å². The molecule has 1 atom stereocenters. The molecular formula is C20H30F4N4O. The number of alkyl halides is 4. The number of urea groups is 1. The van der Waals surface area contributed by atoms with Crippen LogP contribution in [0.1, 0.15) is 65.2 Å². The van der Waals surface area contributed by atoms with Crippen LogP contribution in [0.3, 0.4) is 0 Å². The van der Waals surface area contributed by atoms with Crippen molar-refractivity contribution < 1.29 is 22.4 Å². The molecule has 0 saturated heterocycles. The van der Waals surface area contributed by atoms with Gasteiger partial charge in [0, 0.05) is 18.9 Å². The summed E-state index contributed by atoms with van der Waals surface area (Å²) in [6, 6.07) is 1.65. The number of terminal acetylenes is 1. The van der Waals surface area contributed by atoms with Crippen LogP contribution in [0.25, 0.3) is 0 Å². The first-order valence-electron chi connectivity index (χ1n) is 9.96. The molecule has 0 aliphatic heterocycles. The van der Waals surface area contributed by atoms with Crippen molar-refractivity contribution in [2.75, 3.05) is 6.54 Å². The Kier molecular flexibility index (Phi) is 7.66. The number of hydrazine groups is 1. The molecule has 0 aromatic rings. The van der Waals surface area contributed by atoms with Crippen LogP contribution in [0, 0.1) is 17.9 Å². The Hall–Kier alpha value is -2.11. The zero-order valence-electron chi connectivity index (χ0n) is 17.0. The molecule has 29 heavy (non-hydrogen) atoms. The van der Waals surface area contributed by atoms with E-state index in [0.29, 0.717) is 25.1 Å². The minimum Gasteiger partial charge on any atom is -0.332 e. The summed E-state index contributed by atoms with van der Waals surface area (Å²) in [5.41, 5.74) is 3.05. The van der Waals surface area contributed by atoms with Gasteiger partial charge in [-0.15, -0.1) is 0 Å². The van der Waals surface area contributed by atoms with Crippen LogP contribution in [0.15, 0.2) is 11.4 Å². The molecule has 3 N–H and O–H groups in total. The number of carbonyl (C=O) groups is 1. The van der Waals surface area contributed by atoms with Crippen LogP contribution in [0.2, 0.25) is 0 Å². The summed E-state index contributed by atoms with van der Waals surface area (Å²) in [4.78, 5) is 12.1. The summed E-state index contributed by atoms with van der Waals surface area (Å²) >= 11 is 0. The Labute approximate surface area is 169 Å². The fourth-order valence-corrected chi connectivity index (χ4v) is 3.85. The third kappa shape index (κ3) is 6.72. The molecule has 0 radical (unpaired) electrons. The highest BCUT2D eigenvalue weighted by Gasteiger charge is 2.46. The standard InChI is InChI=1S/C20H30F4N4O/c1-4-26-28(15-6-5-7-15)17(27-18(29)25-12-16(21)22)14(2)8-9-19(3)10-11-20(23,24)13-19/h1,15-16,26H,5-13H2,2-3H3,(H2,25,27,29)/b17-14-. The van der Waals surface area contributed by atoms with E-state index in [1.807, 2.05) is 6.92 Å². The molecule has 2 rings (SSSR count). The van der Waals surface area contributed by atoms with E-state index in [2.05, 4.69) is 22.1 Å². The van der Waals surface area contributed by atoms with Gasteiger partial charge in [0.2, 0.25) is 5.92 Å². The molecule has 164 valence electrons. The van der Waals surface area contributed by atoms with E-state index in [1.54, 1.807) is 11.9 Å². The van der Waals surface area contributed by atoms with E-state index in [9.17, 15) is 22.4 Å². The van der Waals surface area contributed by atoms with Gasteiger partial charge in [0.15, 0.2) is 0 Å². The fraction of sp³-hybridized carbons (Fsp3) is 0.750. The molecule has 2 fully saturated rings. The van der Waals surface area contributed by atoms with Gasteiger partial charge in [0.05, 0.1) is 12.6 Å². The number of hydrogen-bond donors (Lipinski definition) is 3. The van der Waals surface area contributed by atoms with Crippen LogP contribution in [0.4, 0.5) is 22.4 Å². The Bertz CT molecular complexity index is 657. The van der Waals surface area contributed by atoms with E-state index < -0.39 is 30.3 Å². The van der Waals surface area contributed by atoms with E-state index in [-0.39, 0.29) is 18.9 Å². The highest BCUT2D eigenvalue weighted by Crippen LogP contribution is 2.50. The van der Waals surface area contributed by atoms with Crippen LogP contribution >= 0.6 is 0 Å². The lowest BCUT2D eigenvalue weighted by molar-refractivity contribution is -0.00293. The van der Waals surface area contributed by atoms with Gasteiger partial charge in [0.1, 0.15) is 5.82 Å². The number of carbonyl (C=O) groups excluding carboxylic acids is 1. The highest BCUT2D eigenvalue weighted by molar-refractivity contribution is 5.75. The van der Waals surface area contributed by atoms with Gasteiger partial charge in [-0.3, -0.25) is 15.8 Å². The van der Waals surface area contributed by atoms with Crippen molar-refractivity contribution in [1.82, 2.24) is 21.1 Å². The maximum absolute atomic E-state index is 13.7. The maximum Gasteiger partial charge on any atom is 0.320 e. The molecule has 0 heterocycles. The van der Waals surface area contributed by atoms with Crippen molar-refractivity contribution >= 4 is 6.03 Å². The van der Waals surface area contributed by atoms with Gasteiger partial charge in [-0.1, -0.05) is 13.3 Å². The molecule has 2 saturated carbocycles. The summed E-state index contributed by atoms with van der Waals surface area (Å²) in [7, 11) is 0. The van der Waals surface area contributed by atoms with Crippen molar-refractivity contribution in [2.24, 2.45) is 5.41 Å². The first kappa shape index (κ1) is 23.2. The van der Waals surface area contributed by atoms with Crippen molar-refractivity contribution in [3.05, 3.63) is 11.4 Å². The number of hydrogen-bond acceptors (Lipinski definition) is 3. The number of rotatable bonds is 9. The number of amides is 2. The summed E-state index contributed by atoms with van der Waals surface area (Å²) in [5.74, 6) is -2.24. The van der Waals surface area contributed by atoms with Gasteiger partial charge in [-0.25, -0.2) is 22.4 Å². The Balaban J connectivity index is 2.14. The average Bonchev–Trinajstić information content (AvgIpc) is 2.87. The SMILES string of the molecule is C#CNN(/C(NC(=O)NCC(F)F)=C(/C)CCC1(C)CCC(F)(F)C1)C1CCC1. The van der Waals surface area contributed by atoms with Crippen molar-refractivity contribution in [2.45, 2.75) is 83.6 Å². The zero-order valence-corrected chi connectivity index (χ0v) is 17.0. The largest absolute Gasteiger partial charge is 0.332 e. The third-order valence-corrected chi connectivity index (χ3v) is 5.80. The van der Waals surface area contributed by atoms with Gasteiger partial charge in [0.25, 0.3) is 6.43 Å². The van der Waals surface area contributed by atoms with E-state index >= 15 is 0 Å². The second kappa shape index (κ2) is 9.59. The Morgan fingerprint density at radius 3 is 2.48 bits per heavy atom. The molecule has 2 aliphatic carbocycles. The molecule has 0 spiro atoms. The Morgan fingerprint density at radius 2 is 2.00 bits per heavy atom. The molecule has 2 aliphatic rings. The number of halogens is 4. The molecule has 0 aromatic carbocycles. The number of nitrogens with zero attached hydrogens (tertiary/aromatic N) is 1. The monoisotopic (exact) mass is 418 g/mol. The van der Waals surface area contributed by atoms with Crippen LogP contribution in [0.5, 0.6) is 0 Å². The second-order valence-corrected chi connectivity index (χ2v) is 8.41. The normalized spacial score (nSPS) is 24.3. The van der Waals surface area contributed by atoms with Crippen LogP contribution in [-0.4, -0.2) is 36.0 Å². The van der Waals surface area contributed by atoms with Gasteiger partial charge in [-0.05, 0) is 56.4 Å². The third-order valence-electron chi connectivity index (χ3n) is 5.80. The summed E-state index contributed by atoms with van der Waals surface area (Å²) < 4.78 is 52.1. The van der Waals surface area contributed by atoms with E-state index in [0.717, 1.165) is 24.8 Å². The first-order valence-corrected chi connectivity index (χ1v) is 9.96. The summed E-state index contributed by atoms with van der Waals surface area (Å²) in [6.45, 7) is 2.88. The van der Waals surface area contributed by atoms with E-state index in [1.165, 1.54) is 0 Å². The first-order chi connectivity index (χ1) is 13.6. The number of allylic oxidation sites excluding steroid dienone is 1. The molecule has 0 bridgehead atoms. The minimum atomic E-state index is -2.66. The smallest absolute Gasteiger partial charge is 0.320 e. The highest BCUT2D eigenvalue weighted by atomic mass is 19.3. The predicted octanol–water partition coefficient (Wildman–Crippen LogP) is 4.34. The molecular weight excluding hydrogens is 388 g/mol. The van der Waals surface area contributed by atoms with Crippen molar-refractivity contribution in [1.29, 1.82) is 0 Å². The Morgan fingerprint density at radius 1 is 1.31 bits per heavy atom. The fourth-order valence-electron chi connectivity index (χ4n) is 3.85. The molecule has 1 unspecified atom stereocenters. The average molecular weight is 418 g/mol. The molecule has 0 aromatic heterocycles. The predicted molar refractivity (Wildman–Crippen MR) is 103 cm³/mol. The zero-order chi connectivity index (χ0) is 21.7. The van der Waals surface area contributed by atoms with Crippen LogP contribution in [-0.2, 0) is 0 Å². The second-order valence-electron chi connectivity index (χ2n) is 8.41. The molecule has 2 amide bonds. The number of nitrogens with one attached hydrogen (secondary N) is 3. The van der Waals surface area contributed by atoms with Crippen molar-refractivity contribution in [3.63, 3.8) is 0 Å². The molecule has 5 nitrogen and oxygen atoms in total. The van der Waals surface area contributed by atoms with Crippen LogP contribution < -0.4 is 16.1 Å². The lowest BCUT2D eigenvalue weighted by Crippen LogP contribution is -2.52. The quantitative estimate of drug-likeness (QED) is 0.226. The van der Waals surface area contributed by atoms with E-state index in [4.69, 9.17) is 6.42 Å². The van der Waals surface area contributed by atoms with Gasteiger partial charge in [-0.2, -0.15) is 0 Å². The summed E-state index contributed by atoms with van der Waals surface area (Å²) in [5, 5.41) is 6.41. The maximum atomic E-state index is 13.7.